The molecule has 1 heterocycles. The van der Waals surface area contributed by atoms with Gasteiger partial charge in [-0.3, -0.25) is 0 Å². The van der Waals surface area contributed by atoms with Gasteiger partial charge in [-0.05, 0) is 0 Å². The number of carbonyl (C=O) groups is 1. The normalized spacial score (nSPS) is 15.2. The SMILES string of the molecule is O=C1C[Se]c2cc(Br)ccc21. The van der Waals surface area contributed by atoms with Gasteiger partial charge in [-0.2, -0.15) is 0 Å². The number of halogens is 1. The Morgan fingerprint density at radius 2 is 2.27 bits per heavy atom. The number of fused-ring (bicyclic) bond motifs is 1. The van der Waals surface area contributed by atoms with Gasteiger partial charge in [0, 0.05) is 0 Å². The van der Waals surface area contributed by atoms with E-state index in [0.717, 1.165) is 15.4 Å². The second-order valence-corrected chi connectivity index (χ2v) is 5.40. The Morgan fingerprint density at radius 1 is 1.45 bits per heavy atom. The molecule has 0 aromatic heterocycles. The van der Waals surface area contributed by atoms with E-state index in [-0.39, 0.29) is 0 Å². The van der Waals surface area contributed by atoms with Crippen molar-refractivity contribution >= 4 is 41.1 Å². The first-order chi connectivity index (χ1) is 5.27. The Balaban J connectivity index is 2.59. The molecular weight excluding hydrogens is 271 g/mol. The Kier molecular flexibility index (Phi) is 1.88. The molecule has 0 atom stereocenters. The van der Waals surface area contributed by atoms with Gasteiger partial charge in [0.15, 0.2) is 0 Å². The van der Waals surface area contributed by atoms with Crippen molar-refractivity contribution in [3.05, 3.63) is 28.2 Å². The second kappa shape index (κ2) is 2.74. The van der Waals surface area contributed by atoms with Crippen LogP contribution in [0.1, 0.15) is 10.4 Å². The van der Waals surface area contributed by atoms with Crippen LogP contribution in [-0.4, -0.2) is 20.7 Å². The molecule has 0 spiro atoms. The summed E-state index contributed by atoms with van der Waals surface area (Å²) in [4.78, 5) is 11.2. The van der Waals surface area contributed by atoms with Gasteiger partial charge in [0.1, 0.15) is 0 Å². The molecule has 11 heavy (non-hydrogen) atoms. The van der Waals surface area contributed by atoms with Gasteiger partial charge in [0.25, 0.3) is 0 Å². The maximum absolute atomic E-state index is 11.2. The van der Waals surface area contributed by atoms with E-state index in [4.69, 9.17) is 0 Å². The molecule has 0 saturated heterocycles. The van der Waals surface area contributed by atoms with Crippen molar-refractivity contribution in [1.82, 2.24) is 0 Å². The van der Waals surface area contributed by atoms with Crippen LogP contribution < -0.4 is 4.46 Å². The quantitative estimate of drug-likeness (QED) is 0.654. The number of carbonyl (C=O) groups excluding carboxylic acids is 1. The number of rotatable bonds is 0. The number of Topliss-reactive ketones (excluding diaryl/α,β-unsaturated/α-hetero) is 1. The first-order valence-electron chi connectivity index (χ1n) is 3.23. The molecule has 3 heteroatoms. The summed E-state index contributed by atoms with van der Waals surface area (Å²) in [5.74, 6) is 0.313. The molecule has 0 N–H and O–H groups in total. The molecule has 1 aliphatic heterocycles. The van der Waals surface area contributed by atoms with E-state index in [1.54, 1.807) is 0 Å². The van der Waals surface area contributed by atoms with Crippen molar-refractivity contribution in [1.29, 1.82) is 0 Å². The van der Waals surface area contributed by atoms with Crippen molar-refractivity contribution in [3.8, 4) is 0 Å². The second-order valence-electron chi connectivity index (χ2n) is 2.35. The maximum atomic E-state index is 11.2. The Morgan fingerprint density at radius 3 is 3.09 bits per heavy atom. The fourth-order valence-electron chi connectivity index (χ4n) is 1.07. The molecule has 0 aliphatic carbocycles. The Bertz CT molecular complexity index is 322. The molecule has 0 bridgehead atoms. The average molecular weight is 276 g/mol. The fraction of sp³-hybridized carbons (Fsp3) is 0.125. The van der Waals surface area contributed by atoms with Crippen LogP contribution in [0.25, 0.3) is 0 Å². The van der Waals surface area contributed by atoms with Crippen molar-refractivity contribution < 1.29 is 4.79 Å². The van der Waals surface area contributed by atoms with Crippen molar-refractivity contribution in [2.45, 2.75) is 5.32 Å². The molecule has 2 rings (SSSR count). The van der Waals surface area contributed by atoms with E-state index < -0.39 is 0 Å². The zero-order valence-electron chi connectivity index (χ0n) is 5.63. The van der Waals surface area contributed by atoms with E-state index in [2.05, 4.69) is 22.0 Å². The third kappa shape index (κ3) is 1.28. The van der Waals surface area contributed by atoms with Crippen LogP contribution >= 0.6 is 15.9 Å². The number of hydrogen-bond acceptors (Lipinski definition) is 1. The van der Waals surface area contributed by atoms with Crippen LogP contribution in [0.5, 0.6) is 0 Å². The first kappa shape index (κ1) is 7.53. The molecule has 1 aliphatic rings. The van der Waals surface area contributed by atoms with Gasteiger partial charge in [0.2, 0.25) is 0 Å². The molecule has 0 saturated carbocycles. The van der Waals surface area contributed by atoms with Gasteiger partial charge < -0.3 is 0 Å². The topological polar surface area (TPSA) is 17.1 Å². The van der Waals surface area contributed by atoms with E-state index in [1.807, 2.05) is 12.1 Å². The minimum absolute atomic E-state index is 0.313. The zero-order chi connectivity index (χ0) is 7.84. The van der Waals surface area contributed by atoms with Crippen LogP contribution in [0.2, 0.25) is 5.32 Å². The van der Waals surface area contributed by atoms with Crippen LogP contribution in [-0.2, 0) is 0 Å². The van der Waals surface area contributed by atoms with Crippen molar-refractivity contribution in [3.63, 3.8) is 0 Å². The molecule has 1 aromatic rings. The molecular formula is C8H5BrOSe. The van der Waals surface area contributed by atoms with Crippen LogP contribution in [0.15, 0.2) is 22.7 Å². The Hall–Kier alpha value is -0.111. The monoisotopic (exact) mass is 276 g/mol. The van der Waals surface area contributed by atoms with Crippen molar-refractivity contribution in [2.75, 3.05) is 0 Å². The van der Waals surface area contributed by atoms with Gasteiger partial charge in [-0.15, -0.1) is 0 Å². The average Bonchev–Trinajstić information content (AvgIpc) is 2.32. The summed E-state index contributed by atoms with van der Waals surface area (Å²) in [6.07, 6.45) is 0. The zero-order valence-corrected chi connectivity index (χ0v) is 8.93. The van der Waals surface area contributed by atoms with Gasteiger partial charge in [0.05, 0.1) is 0 Å². The molecule has 1 nitrogen and oxygen atoms in total. The van der Waals surface area contributed by atoms with Crippen LogP contribution in [0.4, 0.5) is 0 Å². The number of ketones is 1. The van der Waals surface area contributed by atoms with Gasteiger partial charge in [-0.25, -0.2) is 0 Å². The van der Waals surface area contributed by atoms with Gasteiger partial charge >= 0.3 is 79.5 Å². The third-order valence-electron chi connectivity index (χ3n) is 1.60. The molecule has 1 aromatic carbocycles. The summed E-state index contributed by atoms with van der Waals surface area (Å²) in [5, 5.41) is 0.749. The van der Waals surface area contributed by atoms with E-state index in [0.29, 0.717) is 20.7 Å². The molecule has 0 radical (unpaired) electrons. The predicted molar refractivity (Wildman–Crippen MR) is 48.7 cm³/mol. The minimum atomic E-state index is 0.313. The van der Waals surface area contributed by atoms with Crippen molar-refractivity contribution in [2.24, 2.45) is 0 Å². The Labute approximate surface area is 79.5 Å². The third-order valence-corrected chi connectivity index (χ3v) is 4.31. The number of hydrogen-bond donors (Lipinski definition) is 0. The fourth-order valence-corrected chi connectivity index (χ4v) is 3.85. The summed E-state index contributed by atoms with van der Waals surface area (Å²) >= 11 is 3.77. The summed E-state index contributed by atoms with van der Waals surface area (Å²) in [6.45, 7) is 0. The standard InChI is InChI=1S/C8H5BrOSe/c9-5-1-2-6-7(10)4-11-8(6)3-5/h1-3H,4H2. The number of benzene rings is 1. The molecule has 0 fully saturated rings. The molecule has 0 amide bonds. The van der Waals surface area contributed by atoms with E-state index >= 15 is 0 Å². The molecule has 0 unspecified atom stereocenters. The van der Waals surface area contributed by atoms with E-state index in [1.165, 1.54) is 4.46 Å². The predicted octanol–water partition coefficient (Wildman–Crippen LogP) is 1.39. The first-order valence-corrected chi connectivity index (χ1v) is 6.09. The summed E-state index contributed by atoms with van der Waals surface area (Å²) in [5.41, 5.74) is 0.938. The summed E-state index contributed by atoms with van der Waals surface area (Å²) in [7, 11) is 0. The van der Waals surface area contributed by atoms with Gasteiger partial charge in [-0.1, -0.05) is 0 Å². The summed E-state index contributed by atoms with van der Waals surface area (Å²) < 4.78 is 2.32. The van der Waals surface area contributed by atoms with E-state index in [9.17, 15) is 4.79 Å². The molecule has 56 valence electrons. The van der Waals surface area contributed by atoms with Crippen LogP contribution in [0.3, 0.4) is 0 Å². The summed E-state index contributed by atoms with van der Waals surface area (Å²) in [6, 6.07) is 5.90. The van der Waals surface area contributed by atoms with Crippen LogP contribution in [0, 0.1) is 0 Å².